The lowest BCUT2D eigenvalue weighted by atomic mass is 9.97. The summed E-state index contributed by atoms with van der Waals surface area (Å²) in [6, 6.07) is 5.87. The summed E-state index contributed by atoms with van der Waals surface area (Å²) in [5, 5.41) is 6.05. The van der Waals surface area contributed by atoms with Crippen LogP contribution in [0.4, 0.5) is 5.82 Å². The smallest absolute Gasteiger partial charge is 0.260 e. The van der Waals surface area contributed by atoms with E-state index in [1.54, 1.807) is 6.20 Å². The predicted octanol–water partition coefficient (Wildman–Crippen LogP) is 0.370. The minimum absolute atomic E-state index is 0.0107. The molecule has 0 aliphatic carbocycles. The lowest BCUT2D eigenvalue weighted by molar-refractivity contribution is -0.126. The first-order valence-corrected chi connectivity index (χ1v) is 9.37. The molecule has 4 rings (SSSR count). The molecular formula is C17H21N5O2S. The Morgan fingerprint density at radius 1 is 1.28 bits per heavy atom. The number of thioether (sulfide) groups is 1. The Labute approximate surface area is 150 Å². The molecular weight excluding hydrogens is 338 g/mol. The third-order valence-corrected chi connectivity index (χ3v) is 6.38. The van der Waals surface area contributed by atoms with Crippen molar-refractivity contribution < 1.29 is 9.59 Å². The first-order valence-electron chi connectivity index (χ1n) is 8.49. The molecule has 0 saturated carbocycles. The van der Waals surface area contributed by atoms with Crippen LogP contribution in [0.1, 0.15) is 6.92 Å². The fourth-order valence-electron chi connectivity index (χ4n) is 3.54. The number of nitrogens with one attached hydrogen (secondary N) is 2. The maximum atomic E-state index is 13.0. The van der Waals surface area contributed by atoms with E-state index >= 15 is 0 Å². The molecule has 1 aromatic heterocycles. The summed E-state index contributed by atoms with van der Waals surface area (Å²) >= 11 is 1.50. The van der Waals surface area contributed by atoms with Crippen molar-refractivity contribution in [3.63, 3.8) is 0 Å². The molecule has 2 unspecified atom stereocenters. The van der Waals surface area contributed by atoms with E-state index < -0.39 is 0 Å². The summed E-state index contributed by atoms with van der Waals surface area (Å²) in [6.45, 7) is 5.24. The number of fused-ring (bicyclic) bond motifs is 1. The Kier molecular flexibility index (Phi) is 4.39. The second-order valence-corrected chi connectivity index (χ2v) is 7.57. The van der Waals surface area contributed by atoms with E-state index in [1.807, 2.05) is 30.0 Å². The van der Waals surface area contributed by atoms with Gasteiger partial charge in [0.2, 0.25) is 5.91 Å². The Hall–Kier alpha value is -2.06. The first-order chi connectivity index (χ1) is 12.1. The van der Waals surface area contributed by atoms with Crippen LogP contribution in [-0.2, 0) is 9.59 Å². The molecule has 2 saturated heterocycles. The molecule has 2 fully saturated rings. The van der Waals surface area contributed by atoms with Crippen LogP contribution >= 0.6 is 11.8 Å². The van der Waals surface area contributed by atoms with Crippen molar-refractivity contribution in [2.45, 2.75) is 12.3 Å². The molecule has 3 aliphatic rings. The van der Waals surface area contributed by atoms with Gasteiger partial charge in [0.15, 0.2) is 0 Å². The molecule has 0 spiro atoms. The molecule has 2 N–H and O–H groups in total. The molecule has 8 heteroatoms. The standard InChI is InChI=1S/C17H21N5O2S/c1-11-13-15(23)19-10-20-16(13)25-14(11)17(24)22-8-6-21(7-9-22)12-4-2-3-5-18-12/h2-5,13,16,20H,6-10H2,1H3,(H,19,23). The van der Waals surface area contributed by atoms with Crippen LogP contribution in [0.3, 0.4) is 0 Å². The summed E-state index contributed by atoms with van der Waals surface area (Å²) in [4.78, 5) is 34.2. The first kappa shape index (κ1) is 16.4. The number of amides is 2. The van der Waals surface area contributed by atoms with Gasteiger partial charge in [0.05, 0.1) is 22.9 Å². The Bertz CT molecular complexity index is 715. The predicted molar refractivity (Wildman–Crippen MR) is 96.7 cm³/mol. The van der Waals surface area contributed by atoms with E-state index in [2.05, 4.69) is 20.5 Å². The van der Waals surface area contributed by atoms with Crippen molar-refractivity contribution in [3.8, 4) is 0 Å². The molecule has 1 aromatic rings. The molecule has 132 valence electrons. The SMILES string of the molecule is CC1=C(C(=O)N2CCN(c3ccccn3)CC2)SC2NCNC(=O)C12. The van der Waals surface area contributed by atoms with Gasteiger partial charge in [0.25, 0.3) is 5.91 Å². The highest BCUT2D eigenvalue weighted by Gasteiger charge is 2.43. The van der Waals surface area contributed by atoms with Crippen molar-refractivity contribution in [2.75, 3.05) is 37.7 Å². The van der Waals surface area contributed by atoms with Crippen molar-refractivity contribution in [2.24, 2.45) is 5.92 Å². The number of hydrogen-bond donors (Lipinski definition) is 2. The van der Waals surface area contributed by atoms with E-state index in [4.69, 9.17) is 0 Å². The lowest BCUT2D eigenvalue weighted by Crippen LogP contribution is -2.52. The second kappa shape index (κ2) is 6.68. The fraction of sp³-hybridized carbons (Fsp3) is 0.471. The van der Waals surface area contributed by atoms with Crippen LogP contribution in [0.15, 0.2) is 34.9 Å². The molecule has 25 heavy (non-hydrogen) atoms. The number of pyridine rings is 1. The van der Waals surface area contributed by atoms with Crippen LogP contribution in [0, 0.1) is 5.92 Å². The third kappa shape index (κ3) is 3.00. The maximum absolute atomic E-state index is 13.0. The zero-order chi connectivity index (χ0) is 17.4. The van der Waals surface area contributed by atoms with E-state index in [9.17, 15) is 9.59 Å². The molecule has 2 amide bonds. The second-order valence-electron chi connectivity index (χ2n) is 6.42. The number of carbonyl (C=O) groups excluding carboxylic acids is 2. The van der Waals surface area contributed by atoms with Gasteiger partial charge in [-0.25, -0.2) is 4.98 Å². The average Bonchev–Trinajstić information content (AvgIpc) is 3.00. The van der Waals surface area contributed by atoms with Gasteiger partial charge in [0, 0.05) is 32.4 Å². The number of anilines is 1. The van der Waals surface area contributed by atoms with E-state index in [-0.39, 0.29) is 23.1 Å². The highest BCUT2D eigenvalue weighted by Crippen LogP contribution is 2.42. The van der Waals surface area contributed by atoms with E-state index in [1.165, 1.54) is 11.8 Å². The van der Waals surface area contributed by atoms with Gasteiger partial charge in [-0.1, -0.05) is 6.07 Å². The van der Waals surface area contributed by atoms with Crippen LogP contribution < -0.4 is 15.5 Å². The van der Waals surface area contributed by atoms with E-state index in [0.29, 0.717) is 19.8 Å². The normalized spacial score (nSPS) is 26.5. The molecule has 4 heterocycles. The quantitative estimate of drug-likeness (QED) is 0.795. The largest absolute Gasteiger partial charge is 0.353 e. The molecule has 0 aromatic carbocycles. The number of hydrogen-bond acceptors (Lipinski definition) is 6. The van der Waals surface area contributed by atoms with Gasteiger partial charge in [0.1, 0.15) is 5.82 Å². The minimum Gasteiger partial charge on any atom is -0.353 e. The zero-order valence-corrected chi connectivity index (χ0v) is 14.9. The minimum atomic E-state index is -0.243. The summed E-state index contributed by atoms with van der Waals surface area (Å²) < 4.78 is 0. The molecule has 7 nitrogen and oxygen atoms in total. The Morgan fingerprint density at radius 2 is 2.08 bits per heavy atom. The van der Waals surface area contributed by atoms with Crippen molar-refractivity contribution in [1.82, 2.24) is 20.5 Å². The summed E-state index contributed by atoms with van der Waals surface area (Å²) in [5.74, 6) is 0.767. The van der Waals surface area contributed by atoms with Gasteiger partial charge in [-0.2, -0.15) is 0 Å². The summed E-state index contributed by atoms with van der Waals surface area (Å²) in [5.41, 5.74) is 0.886. The Morgan fingerprint density at radius 3 is 2.76 bits per heavy atom. The van der Waals surface area contributed by atoms with Gasteiger partial charge in [-0.3, -0.25) is 14.9 Å². The number of piperazine rings is 1. The summed E-state index contributed by atoms with van der Waals surface area (Å²) in [6.07, 6.45) is 1.79. The van der Waals surface area contributed by atoms with Crippen molar-refractivity contribution in [3.05, 3.63) is 34.9 Å². The fourth-order valence-corrected chi connectivity index (χ4v) is 4.97. The molecule has 3 aliphatic heterocycles. The number of nitrogens with zero attached hydrogens (tertiary/aromatic N) is 3. The van der Waals surface area contributed by atoms with Crippen LogP contribution in [0.25, 0.3) is 0 Å². The van der Waals surface area contributed by atoms with Gasteiger partial charge in [-0.05, 0) is 24.6 Å². The topological polar surface area (TPSA) is 77.6 Å². The van der Waals surface area contributed by atoms with Crippen molar-refractivity contribution in [1.29, 1.82) is 0 Å². The Balaban J connectivity index is 1.43. The van der Waals surface area contributed by atoms with Crippen LogP contribution in [0.5, 0.6) is 0 Å². The number of carbonyl (C=O) groups is 2. The van der Waals surface area contributed by atoms with Gasteiger partial charge < -0.3 is 15.1 Å². The monoisotopic (exact) mass is 359 g/mol. The lowest BCUT2D eigenvalue weighted by Gasteiger charge is -2.35. The molecule has 0 radical (unpaired) electrons. The van der Waals surface area contributed by atoms with Crippen LogP contribution in [0.2, 0.25) is 0 Å². The van der Waals surface area contributed by atoms with Gasteiger partial charge >= 0.3 is 0 Å². The number of aromatic nitrogens is 1. The van der Waals surface area contributed by atoms with Crippen molar-refractivity contribution >= 4 is 29.4 Å². The molecule has 2 atom stereocenters. The molecule has 0 bridgehead atoms. The third-order valence-electron chi connectivity index (χ3n) is 4.95. The highest BCUT2D eigenvalue weighted by atomic mass is 32.2. The van der Waals surface area contributed by atoms with Gasteiger partial charge in [-0.15, -0.1) is 11.8 Å². The van der Waals surface area contributed by atoms with Crippen LogP contribution in [-0.4, -0.2) is 59.9 Å². The number of rotatable bonds is 2. The summed E-state index contributed by atoms with van der Waals surface area (Å²) in [7, 11) is 0. The highest BCUT2D eigenvalue weighted by molar-refractivity contribution is 8.04. The zero-order valence-electron chi connectivity index (χ0n) is 14.1. The maximum Gasteiger partial charge on any atom is 0.260 e. The van der Waals surface area contributed by atoms with E-state index in [0.717, 1.165) is 29.4 Å². The average molecular weight is 359 g/mol.